The first-order valence-corrected chi connectivity index (χ1v) is 11.6. The lowest BCUT2D eigenvalue weighted by molar-refractivity contribution is -0.147. The lowest BCUT2D eigenvalue weighted by atomic mass is 9.87. The molecule has 0 aliphatic carbocycles. The van der Waals surface area contributed by atoms with Crippen LogP contribution in [-0.2, 0) is 29.1 Å². The Bertz CT molecular complexity index is 1270. The minimum absolute atomic E-state index is 0.0485. The fraction of sp³-hybridized carbons (Fsp3) is 0.400. The van der Waals surface area contributed by atoms with E-state index in [2.05, 4.69) is 4.98 Å². The summed E-state index contributed by atoms with van der Waals surface area (Å²) in [6, 6.07) is 6.30. The van der Waals surface area contributed by atoms with Gasteiger partial charge in [0.15, 0.2) is 0 Å². The summed E-state index contributed by atoms with van der Waals surface area (Å²) in [6.07, 6.45) is 3.43. The van der Waals surface area contributed by atoms with Gasteiger partial charge in [-0.25, -0.2) is 13.8 Å². The molecular weight excluding hydrogens is 464 g/mol. The van der Waals surface area contributed by atoms with Gasteiger partial charge in [0.2, 0.25) is 5.91 Å². The first-order chi connectivity index (χ1) is 16.1. The van der Waals surface area contributed by atoms with Crippen molar-refractivity contribution in [3.8, 4) is 0 Å². The summed E-state index contributed by atoms with van der Waals surface area (Å²) >= 11 is 5.78. The highest BCUT2D eigenvalue weighted by atomic mass is 35.5. The molecule has 34 heavy (non-hydrogen) atoms. The molecule has 1 aromatic carbocycles. The molecule has 180 valence electrons. The molecule has 4 rings (SSSR count). The third-order valence-corrected chi connectivity index (χ3v) is 6.93. The maximum atomic E-state index is 14.7. The van der Waals surface area contributed by atoms with Crippen molar-refractivity contribution in [2.24, 2.45) is 5.41 Å². The molecule has 3 heterocycles. The van der Waals surface area contributed by atoms with Gasteiger partial charge in [0.1, 0.15) is 22.3 Å². The van der Waals surface area contributed by atoms with Crippen LogP contribution in [0.2, 0.25) is 5.02 Å². The molecule has 3 aromatic rings. The maximum absolute atomic E-state index is 14.7. The van der Waals surface area contributed by atoms with Crippen LogP contribution in [0.25, 0.3) is 11.0 Å². The second-order valence-corrected chi connectivity index (χ2v) is 9.71. The van der Waals surface area contributed by atoms with Crippen molar-refractivity contribution in [2.45, 2.75) is 52.6 Å². The molecule has 1 aliphatic rings. The number of rotatable bonds is 7. The molecule has 6 nitrogen and oxygen atoms in total. The Hall–Kier alpha value is -3.00. The first-order valence-electron chi connectivity index (χ1n) is 11.2. The summed E-state index contributed by atoms with van der Waals surface area (Å²) < 4.78 is 30.2. The lowest BCUT2D eigenvalue weighted by Gasteiger charge is -2.29. The van der Waals surface area contributed by atoms with E-state index in [9.17, 15) is 23.5 Å². The Morgan fingerprint density at radius 2 is 2.00 bits per heavy atom. The number of hydrogen-bond acceptors (Lipinski definition) is 3. The molecule has 0 unspecified atom stereocenters. The van der Waals surface area contributed by atoms with Crippen LogP contribution in [0.4, 0.5) is 8.78 Å². The van der Waals surface area contributed by atoms with E-state index in [4.69, 9.17) is 11.6 Å². The summed E-state index contributed by atoms with van der Waals surface area (Å²) in [7, 11) is 0. The van der Waals surface area contributed by atoms with Crippen LogP contribution < -0.4 is 0 Å². The summed E-state index contributed by atoms with van der Waals surface area (Å²) in [4.78, 5) is 30.5. The Balaban J connectivity index is 1.59. The van der Waals surface area contributed by atoms with E-state index in [-0.39, 0.29) is 24.4 Å². The molecule has 2 aromatic heterocycles. The molecule has 1 amide bonds. The number of carbonyl (C=O) groups is 2. The largest absolute Gasteiger partial charge is 0.481 e. The van der Waals surface area contributed by atoms with Gasteiger partial charge >= 0.3 is 5.97 Å². The monoisotopic (exact) mass is 489 g/mol. The number of carboxylic acid groups (broad SMARTS) is 1. The van der Waals surface area contributed by atoms with E-state index in [0.29, 0.717) is 38.0 Å². The van der Waals surface area contributed by atoms with E-state index >= 15 is 0 Å². The lowest BCUT2D eigenvalue weighted by Crippen LogP contribution is -2.36. The summed E-state index contributed by atoms with van der Waals surface area (Å²) in [5.74, 6) is -2.55. The molecule has 0 fully saturated rings. The van der Waals surface area contributed by atoms with Gasteiger partial charge in [-0.2, -0.15) is 0 Å². The van der Waals surface area contributed by atoms with Crippen LogP contribution in [0.1, 0.15) is 49.9 Å². The fourth-order valence-electron chi connectivity index (χ4n) is 4.45. The van der Waals surface area contributed by atoms with Gasteiger partial charge in [-0.05, 0) is 56.9 Å². The number of aliphatic carboxylic acids is 1. The van der Waals surface area contributed by atoms with Gasteiger partial charge in [-0.15, -0.1) is 0 Å². The van der Waals surface area contributed by atoms with E-state index in [1.807, 2.05) is 16.7 Å². The molecular formula is C25H26ClF2N3O3. The zero-order valence-electron chi connectivity index (χ0n) is 19.1. The average molecular weight is 490 g/mol. The quantitative estimate of drug-likeness (QED) is 0.464. The predicted molar refractivity (Wildman–Crippen MR) is 125 cm³/mol. The number of pyridine rings is 1. The number of nitrogens with zero attached hydrogens (tertiary/aromatic N) is 3. The molecule has 0 saturated heterocycles. The van der Waals surface area contributed by atoms with Gasteiger partial charge in [-0.3, -0.25) is 9.59 Å². The van der Waals surface area contributed by atoms with Crippen molar-refractivity contribution < 1.29 is 23.5 Å². The number of benzene rings is 1. The highest BCUT2D eigenvalue weighted by molar-refractivity contribution is 6.30. The van der Waals surface area contributed by atoms with Crippen molar-refractivity contribution >= 4 is 34.5 Å². The van der Waals surface area contributed by atoms with Crippen LogP contribution in [0, 0.1) is 17.0 Å². The second kappa shape index (κ2) is 9.33. The summed E-state index contributed by atoms with van der Waals surface area (Å²) in [5, 5.41) is 9.68. The fourth-order valence-corrected chi connectivity index (χ4v) is 4.63. The average Bonchev–Trinajstić information content (AvgIpc) is 3.12. The van der Waals surface area contributed by atoms with Crippen LogP contribution in [0.15, 0.2) is 30.5 Å². The molecule has 1 aliphatic heterocycles. The molecule has 0 bridgehead atoms. The highest BCUT2D eigenvalue weighted by Gasteiger charge is 2.30. The van der Waals surface area contributed by atoms with Crippen molar-refractivity contribution in [3.63, 3.8) is 0 Å². The molecule has 0 radical (unpaired) electrons. The molecule has 0 saturated carbocycles. The van der Waals surface area contributed by atoms with E-state index in [0.717, 1.165) is 22.7 Å². The minimum atomic E-state index is -0.882. The normalized spacial score (nSPS) is 13.9. The van der Waals surface area contributed by atoms with Crippen molar-refractivity contribution in [3.05, 3.63) is 63.9 Å². The molecule has 1 N–H and O–H groups in total. The van der Waals surface area contributed by atoms with Gasteiger partial charge in [0.25, 0.3) is 0 Å². The molecule has 0 spiro atoms. The van der Waals surface area contributed by atoms with E-state index in [1.54, 1.807) is 24.9 Å². The van der Waals surface area contributed by atoms with Crippen LogP contribution in [0.5, 0.6) is 0 Å². The smallest absolute Gasteiger partial charge is 0.309 e. The second-order valence-electron chi connectivity index (χ2n) is 9.33. The van der Waals surface area contributed by atoms with E-state index < -0.39 is 28.0 Å². The number of halogens is 3. The van der Waals surface area contributed by atoms with Gasteiger partial charge in [-0.1, -0.05) is 17.7 Å². The SMILES string of the molecule is CC(C)(CCCC(=O)N1CCc2c(n(Cc3ccc(F)c(Cl)c3F)c3ncccc23)C1)C(=O)O. The van der Waals surface area contributed by atoms with Gasteiger partial charge in [0, 0.05) is 35.8 Å². The number of hydrogen-bond donors (Lipinski definition) is 1. The highest BCUT2D eigenvalue weighted by Crippen LogP contribution is 2.32. The number of amides is 1. The first kappa shape index (κ1) is 24.1. The topological polar surface area (TPSA) is 75.4 Å². The molecule has 0 atom stereocenters. The number of carbonyl (C=O) groups excluding carboxylic acids is 1. The van der Waals surface area contributed by atoms with Crippen LogP contribution in [-0.4, -0.2) is 38.0 Å². The Morgan fingerprint density at radius 3 is 2.74 bits per heavy atom. The van der Waals surface area contributed by atoms with Crippen LogP contribution in [0.3, 0.4) is 0 Å². The minimum Gasteiger partial charge on any atom is -0.481 e. The Labute approximate surface area is 201 Å². The third-order valence-electron chi connectivity index (χ3n) is 6.58. The third kappa shape index (κ3) is 4.51. The Morgan fingerprint density at radius 1 is 1.24 bits per heavy atom. The summed E-state index contributed by atoms with van der Waals surface area (Å²) in [6.45, 7) is 4.28. The van der Waals surface area contributed by atoms with Gasteiger partial charge in [0.05, 0.1) is 18.5 Å². The standard InChI is InChI=1S/C25H26ClF2N3O3/c1-25(2,24(33)34)10-3-6-20(32)30-12-9-16-17-5-4-11-29-23(17)31(19(16)14-30)13-15-7-8-18(27)21(26)22(15)28/h4-5,7-8,11H,3,6,9-10,12-14H2,1-2H3,(H,33,34). The predicted octanol–water partition coefficient (Wildman–Crippen LogP) is 5.18. The van der Waals surface area contributed by atoms with Crippen molar-refractivity contribution in [2.75, 3.05) is 6.54 Å². The number of aromatic nitrogens is 2. The Kier molecular flexibility index (Phi) is 6.62. The number of fused-ring (bicyclic) bond motifs is 3. The van der Waals surface area contributed by atoms with E-state index in [1.165, 1.54) is 6.07 Å². The zero-order chi connectivity index (χ0) is 24.6. The zero-order valence-corrected chi connectivity index (χ0v) is 19.8. The van der Waals surface area contributed by atoms with Crippen LogP contribution >= 0.6 is 11.6 Å². The van der Waals surface area contributed by atoms with Gasteiger partial charge < -0.3 is 14.6 Å². The van der Waals surface area contributed by atoms with Crippen molar-refractivity contribution in [1.29, 1.82) is 0 Å². The molecule has 9 heteroatoms. The van der Waals surface area contributed by atoms with Crippen molar-refractivity contribution in [1.82, 2.24) is 14.5 Å². The maximum Gasteiger partial charge on any atom is 0.309 e. The number of carboxylic acids is 1. The summed E-state index contributed by atoms with van der Waals surface area (Å²) in [5.41, 5.74) is 1.95.